The number of carboxylic acids is 1. The Morgan fingerprint density at radius 1 is 1.35 bits per heavy atom. The molecular weight excluding hydrogens is 359 g/mol. The molecule has 1 aromatic rings. The van der Waals surface area contributed by atoms with Crippen LogP contribution in [0.15, 0.2) is 29.2 Å². The lowest BCUT2D eigenvalue weighted by atomic mass is 9.98. The zero-order chi connectivity index (χ0) is 19.1. The largest absolute Gasteiger partial charge is 0.481 e. The summed E-state index contributed by atoms with van der Waals surface area (Å²) in [6.07, 6.45) is 1.42. The van der Waals surface area contributed by atoms with Gasteiger partial charge in [0.1, 0.15) is 5.82 Å². The van der Waals surface area contributed by atoms with Crippen molar-refractivity contribution in [1.29, 1.82) is 0 Å². The van der Waals surface area contributed by atoms with Crippen LogP contribution in [0.25, 0.3) is 0 Å². The molecule has 1 saturated heterocycles. The van der Waals surface area contributed by atoms with Crippen LogP contribution in [0, 0.1) is 11.7 Å². The summed E-state index contributed by atoms with van der Waals surface area (Å²) in [6, 6.07) is 6.38. The molecular formula is C18H23FN2O4S. The molecule has 1 unspecified atom stereocenters. The quantitative estimate of drug-likeness (QED) is 0.731. The summed E-state index contributed by atoms with van der Waals surface area (Å²) < 4.78 is 13.5. The van der Waals surface area contributed by atoms with Gasteiger partial charge in [0.15, 0.2) is 0 Å². The van der Waals surface area contributed by atoms with Crippen molar-refractivity contribution in [3.8, 4) is 0 Å². The third kappa shape index (κ3) is 5.72. The molecule has 142 valence electrons. The predicted molar refractivity (Wildman–Crippen MR) is 96.3 cm³/mol. The van der Waals surface area contributed by atoms with Crippen molar-refractivity contribution in [2.24, 2.45) is 5.92 Å². The molecule has 1 heterocycles. The number of aliphatic carboxylic acids is 1. The maximum Gasteiger partial charge on any atom is 0.308 e. The number of nitrogens with zero attached hydrogens (tertiary/aromatic N) is 2. The van der Waals surface area contributed by atoms with Crippen LogP contribution >= 0.6 is 11.8 Å². The number of thioether (sulfide) groups is 1. The highest BCUT2D eigenvalue weighted by Gasteiger charge is 2.28. The Kier molecular flexibility index (Phi) is 7.44. The minimum absolute atomic E-state index is 0.0739. The molecule has 1 aliphatic rings. The van der Waals surface area contributed by atoms with Gasteiger partial charge in [-0.2, -0.15) is 0 Å². The van der Waals surface area contributed by atoms with E-state index < -0.39 is 11.9 Å². The number of likely N-dealkylation sites (tertiary alicyclic amines) is 1. The summed E-state index contributed by atoms with van der Waals surface area (Å²) in [6.45, 7) is 0.642. The van der Waals surface area contributed by atoms with Crippen LogP contribution in [0.5, 0.6) is 0 Å². The van der Waals surface area contributed by atoms with Crippen LogP contribution in [0.3, 0.4) is 0 Å². The van der Waals surface area contributed by atoms with E-state index in [2.05, 4.69) is 0 Å². The van der Waals surface area contributed by atoms with Crippen LogP contribution in [0.2, 0.25) is 0 Å². The molecule has 0 bridgehead atoms. The Bertz CT molecular complexity index is 670. The predicted octanol–water partition coefficient (Wildman–Crippen LogP) is 2.09. The molecule has 0 aromatic heterocycles. The molecule has 0 saturated carbocycles. The van der Waals surface area contributed by atoms with E-state index in [0.29, 0.717) is 30.0 Å². The highest BCUT2D eigenvalue weighted by Crippen LogP contribution is 2.22. The third-order valence-electron chi connectivity index (χ3n) is 4.33. The van der Waals surface area contributed by atoms with Crippen LogP contribution in [0.4, 0.5) is 4.39 Å². The topological polar surface area (TPSA) is 77.9 Å². The lowest BCUT2D eigenvalue weighted by Gasteiger charge is -2.32. The van der Waals surface area contributed by atoms with Crippen molar-refractivity contribution in [2.75, 3.05) is 32.4 Å². The Labute approximate surface area is 156 Å². The van der Waals surface area contributed by atoms with Gasteiger partial charge < -0.3 is 14.9 Å². The number of likely N-dealkylation sites (N-methyl/N-ethyl adjacent to an activating group) is 1. The maximum atomic E-state index is 13.5. The third-order valence-corrected chi connectivity index (χ3v) is 5.38. The standard InChI is InChI=1S/C18H23FN2O4S/c1-20(12-17(23)21-9-4-5-13(11-21)18(24)25)16(22)8-10-26-15-7-3-2-6-14(15)19/h2-3,6-7,13H,4-5,8-12H2,1H3,(H,24,25). The van der Waals surface area contributed by atoms with Gasteiger partial charge in [0.25, 0.3) is 0 Å². The van der Waals surface area contributed by atoms with Crippen molar-refractivity contribution >= 4 is 29.5 Å². The summed E-state index contributed by atoms with van der Waals surface area (Å²) in [7, 11) is 1.55. The van der Waals surface area contributed by atoms with Crippen LogP contribution < -0.4 is 0 Å². The van der Waals surface area contributed by atoms with E-state index in [0.717, 1.165) is 0 Å². The van der Waals surface area contributed by atoms with Crippen molar-refractivity contribution in [1.82, 2.24) is 9.80 Å². The van der Waals surface area contributed by atoms with Gasteiger partial charge in [0.05, 0.1) is 12.5 Å². The van der Waals surface area contributed by atoms with Crippen molar-refractivity contribution in [3.05, 3.63) is 30.1 Å². The molecule has 8 heteroatoms. The van der Waals surface area contributed by atoms with Gasteiger partial charge in [0, 0.05) is 37.2 Å². The molecule has 0 aliphatic carbocycles. The summed E-state index contributed by atoms with van der Waals surface area (Å²) in [5.41, 5.74) is 0. The van der Waals surface area contributed by atoms with E-state index in [1.807, 2.05) is 0 Å². The van der Waals surface area contributed by atoms with Crippen molar-refractivity contribution < 1.29 is 23.9 Å². The second kappa shape index (κ2) is 9.56. The van der Waals surface area contributed by atoms with E-state index in [9.17, 15) is 18.8 Å². The molecule has 0 spiro atoms. The Morgan fingerprint density at radius 3 is 2.77 bits per heavy atom. The molecule has 1 aromatic carbocycles. The first-order valence-electron chi connectivity index (χ1n) is 8.50. The summed E-state index contributed by atoms with van der Waals surface area (Å²) in [5.74, 6) is -1.76. The van der Waals surface area contributed by atoms with E-state index in [1.54, 1.807) is 25.2 Å². The molecule has 6 nitrogen and oxygen atoms in total. The fraction of sp³-hybridized carbons (Fsp3) is 0.500. The van der Waals surface area contributed by atoms with Crippen LogP contribution in [0.1, 0.15) is 19.3 Å². The van der Waals surface area contributed by atoms with Crippen LogP contribution in [-0.4, -0.2) is 65.1 Å². The van der Waals surface area contributed by atoms with E-state index in [1.165, 1.54) is 27.6 Å². The summed E-state index contributed by atoms with van der Waals surface area (Å²) in [4.78, 5) is 38.9. The number of benzene rings is 1. The number of hydrogen-bond donors (Lipinski definition) is 1. The van der Waals surface area contributed by atoms with Gasteiger partial charge in [0.2, 0.25) is 11.8 Å². The molecule has 26 heavy (non-hydrogen) atoms. The van der Waals surface area contributed by atoms with Crippen molar-refractivity contribution in [2.45, 2.75) is 24.2 Å². The molecule has 1 aliphatic heterocycles. The zero-order valence-electron chi connectivity index (χ0n) is 14.7. The molecule has 1 N–H and O–H groups in total. The van der Waals surface area contributed by atoms with E-state index in [-0.39, 0.29) is 37.1 Å². The van der Waals surface area contributed by atoms with Gasteiger partial charge in [-0.05, 0) is 25.0 Å². The molecule has 0 radical (unpaired) electrons. The number of hydrogen-bond acceptors (Lipinski definition) is 4. The van der Waals surface area contributed by atoms with Gasteiger partial charge in [-0.25, -0.2) is 4.39 Å². The van der Waals surface area contributed by atoms with E-state index >= 15 is 0 Å². The lowest BCUT2D eigenvalue weighted by Crippen LogP contribution is -2.46. The fourth-order valence-electron chi connectivity index (χ4n) is 2.80. The Hall–Kier alpha value is -2.09. The fourth-order valence-corrected chi connectivity index (χ4v) is 3.67. The molecule has 2 rings (SSSR count). The number of carbonyl (C=O) groups is 3. The SMILES string of the molecule is CN(CC(=O)N1CCCC(C(=O)O)C1)C(=O)CCSc1ccccc1F. The second-order valence-corrected chi connectivity index (χ2v) is 7.43. The highest BCUT2D eigenvalue weighted by atomic mass is 32.2. The van der Waals surface area contributed by atoms with Gasteiger partial charge in [-0.15, -0.1) is 11.8 Å². The smallest absolute Gasteiger partial charge is 0.308 e. The van der Waals surface area contributed by atoms with E-state index in [4.69, 9.17) is 5.11 Å². The average Bonchev–Trinajstić information content (AvgIpc) is 2.63. The summed E-state index contributed by atoms with van der Waals surface area (Å²) >= 11 is 1.26. The van der Waals surface area contributed by atoms with Crippen molar-refractivity contribution in [3.63, 3.8) is 0 Å². The second-order valence-electron chi connectivity index (χ2n) is 6.30. The first kappa shape index (κ1) is 20.2. The number of amides is 2. The average molecular weight is 382 g/mol. The Morgan fingerprint density at radius 2 is 2.08 bits per heavy atom. The van der Waals surface area contributed by atoms with Gasteiger partial charge in [-0.1, -0.05) is 12.1 Å². The van der Waals surface area contributed by atoms with Gasteiger partial charge >= 0.3 is 5.97 Å². The lowest BCUT2D eigenvalue weighted by molar-refractivity contribution is -0.147. The van der Waals surface area contributed by atoms with Crippen LogP contribution in [-0.2, 0) is 14.4 Å². The zero-order valence-corrected chi connectivity index (χ0v) is 15.5. The monoisotopic (exact) mass is 382 g/mol. The number of piperidine rings is 1. The number of carbonyl (C=O) groups excluding carboxylic acids is 2. The molecule has 2 amide bonds. The maximum absolute atomic E-state index is 13.5. The first-order valence-corrected chi connectivity index (χ1v) is 9.49. The minimum Gasteiger partial charge on any atom is -0.481 e. The molecule has 1 atom stereocenters. The Balaban J connectivity index is 1.76. The van der Waals surface area contributed by atoms with Gasteiger partial charge in [-0.3, -0.25) is 14.4 Å². The summed E-state index contributed by atoms with van der Waals surface area (Å²) in [5, 5.41) is 9.09. The highest BCUT2D eigenvalue weighted by molar-refractivity contribution is 7.99. The first-order chi connectivity index (χ1) is 12.4. The minimum atomic E-state index is -0.892. The normalized spacial score (nSPS) is 17.0. The number of carboxylic acid groups (broad SMARTS) is 1. The molecule has 1 fully saturated rings. The number of halogens is 1. The number of rotatable bonds is 7.